The van der Waals surface area contributed by atoms with Crippen LogP contribution in [-0.4, -0.2) is 10.1 Å². The van der Waals surface area contributed by atoms with Gasteiger partial charge < -0.3 is 5.11 Å². The molecule has 0 saturated carbocycles. The highest BCUT2D eigenvalue weighted by molar-refractivity contribution is 7.09. The normalized spacial score (nSPS) is 12.6. The molecule has 0 bridgehead atoms. The fraction of sp³-hybridized carbons (Fsp3) is 0.357. The summed E-state index contributed by atoms with van der Waals surface area (Å²) in [5.41, 5.74) is 2.15. The highest BCUT2D eigenvalue weighted by Crippen LogP contribution is 2.21. The molecule has 90 valence electrons. The van der Waals surface area contributed by atoms with Gasteiger partial charge in [-0.25, -0.2) is 4.98 Å². The Bertz CT molecular complexity index is 452. The maximum Gasteiger partial charge on any atom is 0.0968 e. The fourth-order valence-electron chi connectivity index (χ4n) is 1.83. The van der Waals surface area contributed by atoms with Crippen molar-refractivity contribution in [2.24, 2.45) is 0 Å². The molecule has 1 unspecified atom stereocenters. The summed E-state index contributed by atoms with van der Waals surface area (Å²) in [7, 11) is 0. The second-order valence-electron chi connectivity index (χ2n) is 4.19. The van der Waals surface area contributed by atoms with E-state index in [1.165, 1.54) is 5.56 Å². The van der Waals surface area contributed by atoms with Crippen LogP contribution in [0.1, 0.15) is 35.2 Å². The van der Waals surface area contributed by atoms with Gasteiger partial charge in [0, 0.05) is 5.38 Å². The van der Waals surface area contributed by atoms with Crippen LogP contribution in [0.3, 0.4) is 0 Å². The lowest BCUT2D eigenvalue weighted by Crippen LogP contribution is -1.99. The Morgan fingerprint density at radius 2 is 2.06 bits per heavy atom. The number of hydrogen-bond donors (Lipinski definition) is 1. The summed E-state index contributed by atoms with van der Waals surface area (Å²) in [6.45, 7) is 1.96. The average molecular weight is 247 g/mol. The van der Waals surface area contributed by atoms with Gasteiger partial charge >= 0.3 is 0 Å². The van der Waals surface area contributed by atoms with Gasteiger partial charge in [-0.1, -0.05) is 30.3 Å². The maximum atomic E-state index is 9.96. The quantitative estimate of drug-likeness (QED) is 0.877. The van der Waals surface area contributed by atoms with Crippen molar-refractivity contribution in [1.29, 1.82) is 0 Å². The number of hydrogen-bond acceptors (Lipinski definition) is 3. The summed E-state index contributed by atoms with van der Waals surface area (Å²) < 4.78 is 0. The lowest BCUT2D eigenvalue weighted by atomic mass is 10.1. The van der Waals surface area contributed by atoms with Crippen LogP contribution in [0.15, 0.2) is 35.7 Å². The summed E-state index contributed by atoms with van der Waals surface area (Å²) in [6, 6.07) is 10.4. The molecule has 0 amide bonds. The molecule has 2 rings (SSSR count). The molecule has 0 radical (unpaired) electrons. The van der Waals surface area contributed by atoms with Crippen LogP contribution in [0.4, 0.5) is 0 Å². The largest absolute Gasteiger partial charge is 0.387 e. The van der Waals surface area contributed by atoms with Crippen molar-refractivity contribution in [3.8, 4) is 0 Å². The van der Waals surface area contributed by atoms with Gasteiger partial charge in [0.25, 0.3) is 0 Å². The number of aryl methyl sites for hydroxylation is 2. The van der Waals surface area contributed by atoms with Crippen LogP contribution in [0.25, 0.3) is 0 Å². The molecule has 2 aromatic rings. The summed E-state index contributed by atoms with van der Waals surface area (Å²) in [4.78, 5) is 4.30. The minimum absolute atomic E-state index is 0.413. The Labute approximate surface area is 106 Å². The molecule has 0 fully saturated rings. The minimum atomic E-state index is -0.413. The van der Waals surface area contributed by atoms with E-state index in [0.29, 0.717) is 0 Å². The summed E-state index contributed by atoms with van der Waals surface area (Å²) in [5.74, 6) is 0. The molecule has 1 heterocycles. The van der Waals surface area contributed by atoms with Crippen LogP contribution in [0.5, 0.6) is 0 Å². The van der Waals surface area contributed by atoms with E-state index < -0.39 is 6.10 Å². The van der Waals surface area contributed by atoms with E-state index in [1.54, 1.807) is 11.3 Å². The van der Waals surface area contributed by atoms with Crippen molar-refractivity contribution < 1.29 is 5.11 Å². The number of aliphatic hydroxyl groups excluding tert-OH is 1. The second kappa shape index (κ2) is 5.94. The lowest BCUT2D eigenvalue weighted by Gasteiger charge is -2.07. The molecule has 3 heteroatoms. The van der Waals surface area contributed by atoms with Gasteiger partial charge in [0.1, 0.15) is 0 Å². The van der Waals surface area contributed by atoms with Crippen LogP contribution in [0, 0.1) is 6.92 Å². The third-order valence-corrected chi connectivity index (χ3v) is 3.56. The molecule has 1 atom stereocenters. The molecule has 1 aromatic heterocycles. The molecule has 0 aliphatic heterocycles. The van der Waals surface area contributed by atoms with Crippen LogP contribution in [-0.2, 0) is 6.42 Å². The van der Waals surface area contributed by atoms with Gasteiger partial charge in [0.05, 0.1) is 16.8 Å². The third kappa shape index (κ3) is 3.65. The highest BCUT2D eigenvalue weighted by Gasteiger charge is 2.10. The predicted molar refractivity (Wildman–Crippen MR) is 71.2 cm³/mol. The van der Waals surface area contributed by atoms with E-state index in [9.17, 15) is 5.11 Å². The summed E-state index contributed by atoms with van der Waals surface area (Å²) in [6.07, 6.45) is 2.37. The third-order valence-electron chi connectivity index (χ3n) is 2.76. The van der Waals surface area contributed by atoms with Crippen molar-refractivity contribution in [1.82, 2.24) is 4.98 Å². The van der Waals surface area contributed by atoms with Gasteiger partial charge in [-0.2, -0.15) is 0 Å². The number of nitrogens with zero attached hydrogens (tertiary/aromatic N) is 1. The smallest absolute Gasteiger partial charge is 0.0968 e. The Balaban J connectivity index is 1.79. The first kappa shape index (κ1) is 12.3. The molecule has 1 N–H and O–H groups in total. The molecular weight excluding hydrogens is 230 g/mol. The number of aliphatic hydroxyl groups is 1. The van der Waals surface area contributed by atoms with Crippen molar-refractivity contribution in [3.05, 3.63) is 52.0 Å². The van der Waals surface area contributed by atoms with Crippen molar-refractivity contribution in [2.75, 3.05) is 0 Å². The molecule has 0 aliphatic carbocycles. The zero-order chi connectivity index (χ0) is 12.1. The number of thiazole rings is 1. The molecular formula is C14H17NOS. The Morgan fingerprint density at radius 3 is 2.71 bits per heavy atom. The van der Waals surface area contributed by atoms with E-state index in [1.807, 2.05) is 18.4 Å². The van der Waals surface area contributed by atoms with E-state index in [-0.39, 0.29) is 0 Å². The van der Waals surface area contributed by atoms with E-state index in [2.05, 4.69) is 29.2 Å². The average Bonchev–Trinajstić information content (AvgIpc) is 2.77. The van der Waals surface area contributed by atoms with E-state index in [4.69, 9.17) is 0 Å². The van der Waals surface area contributed by atoms with E-state index in [0.717, 1.165) is 30.0 Å². The zero-order valence-corrected chi connectivity index (χ0v) is 10.8. The van der Waals surface area contributed by atoms with E-state index >= 15 is 0 Å². The standard InChI is InChI=1S/C14H17NOS/c1-11-15-13(10-17-11)14(16)9-5-8-12-6-3-2-4-7-12/h2-4,6-7,10,14,16H,5,8-9H2,1H3. The number of benzene rings is 1. The monoisotopic (exact) mass is 247 g/mol. The van der Waals surface area contributed by atoms with Crippen LogP contribution >= 0.6 is 11.3 Å². The Hall–Kier alpha value is -1.19. The maximum absolute atomic E-state index is 9.96. The molecule has 0 spiro atoms. The first-order chi connectivity index (χ1) is 8.25. The van der Waals surface area contributed by atoms with Crippen molar-refractivity contribution in [2.45, 2.75) is 32.3 Å². The molecule has 17 heavy (non-hydrogen) atoms. The first-order valence-electron chi connectivity index (χ1n) is 5.90. The molecule has 0 saturated heterocycles. The summed E-state index contributed by atoms with van der Waals surface area (Å²) in [5, 5.41) is 12.9. The zero-order valence-electron chi connectivity index (χ0n) is 9.97. The van der Waals surface area contributed by atoms with Crippen molar-refractivity contribution >= 4 is 11.3 Å². The fourth-order valence-corrected chi connectivity index (χ4v) is 2.48. The van der Waals surface area contributed by atoms with Gasteiger partial charge in [0.2, 0.25) is 0 Å². The van der Waals surface area contributed by atoms with Gasteiger partial charge in [0.15, 0.2) is 0 Å². The predicted octanol–water partition coefficient (Wildman–Crippen LogP) is 3.51. The van der Waals surface area contributed by atoms with Crippen LogP contribution in [0.2, 0.25) is 0 Å². The number of aromatic nitrogens is 1. The Morgan fingerprint density at radius 1 is 1.29 bits per heavy atom. The number of rotatable bonds is 5. The van der Waals surface area contributed by atoms with Gasteiger partial charge in [-0.05, 0) is 31.7 Å². The molecule has 0 aliphatic rings. The molecule has 1 aromatic carbocycles. The molecule has 2 nitrogen and oxygen atoms in total. The lowest BCUT2D eigenvalue weighted by molar-refractivity contribution is 0.160. The minimum Gasteiger partial charge on any atom is -0.387 e. The summed E-state index contributed by atoms with van der Waals surface area (Å²) >= 11 is 1.59. The SMILES string of the molecule is Cc1nc(C(O)CCCc2ccccc2)cs1. The van der Waals surface area contributed by atoms with Gasteiger partial charge in [-0.15, -0.1) is 11.3 Å². The van der Waals surface area contributed by atoms with Crippen molar-refractivity contribution in [3.63, 3.8) is 0 Å². The van der Waals surface area contributed by atoms with Crippen LogP contribution < -0.4 is 0 Å². The van der Waals surface area contributed by atoms with Gasteiger partial charge in [-0.3, -0.25) is 0 Å². The first-order valence-corrected chi connectivity index (χ1v) is 6.77. The Kier molecular flexibility index (Phi) is 4.29. The highest BCUT2D eigenvalue weighted by atomic mass is 32.1. The second-order valence-corrected chi connectivity index (χ2v) is 5.25. The topological polar surface area (TPSA) is 33.1 Å².